The molecule has 1 N–H and O–H groups in total. The molecule has 1 aromatic heterocycles. The normalized spacial score (nSPS) is 11.6. The van der Waals surface area contributed by atoms with Crippen LogP contribution in [0.15, 0.2) is 41.4 Å². The number of pyridine rings is 1. The Morgan fingerprint density at radius 3 is 2.65 bits per heavy atom. The number of nitrogens with zero attached hydrogens (tertiary/aromatic N) is 1. The molecule has 20 heavy (non-hydrogen) atoms. The highest BCUT2D eigenvalue weighted by Gasteiger charge is 2.14. The summed E-state index contributed by atoms with van der Waals surface area (Å²) in [6.45, 7) is 1.60. The van der Waals surface area contributed by atoms with E-state index >= 15 is 0 Å². The number of sulfonamides is 1. The second-order valence-electron chi connectivity index (χ2n) is 4.22. The second-order valence-corrected chi connectivity index (χ2v) is 6.38. The van der Waals surface area contributed by atoms with E-state index in [2.05, 4.69) is 9.71 Å². The van der Waals surface area contributed by atoms with Crippen molar-refractivity contribution in [3.63, 3.8) is 0 Å². The van der Waals surface area contributed by atoms with Gasteiger partial charge in [-0.15, -0.1) is 0 Å². The third kappa shape index (κ3) is 3.53. The van der Waals surface area contributed by atoms with E-state index in [9.17, 15) is 12.8 Å². The standard InChI is InChI=1S/C13H12ClFN2O2S/c1-9-6-11(3-4-12(9)15)20(18,19)17-8-10-2-5-13(14)16-7-10/h2-7,17H,8H2,1H3. The number of nitrogens with one attached hydrogen (secondary N) is 1. The maximum atomic E-state index is 13.1. The Hall–Kier alpha value is -1.50. The largest absolute Gasteiger partial charge is 0.244 e. The molecule has 1 aromatic carbocycles. The van der Waals surface area contributed by atoms with Gasteiger partial charge in [0.1, 0.15) is 11.0 Å². The predicted molar refractivity (Wildman–Crippen MR) is 74.4 cm³/mol. The van der Waals surface area contributed by atoms with Crippen molar-refractivity contribution >= 4 is 21.6 Å². The number of hydrogen-bond donors (Lipinski definition) is 1. The van der Waals surface area contributed by atoms with E-state index in [1.54, 1.807) is 12.1 Å². The smallest absolute Gasteiger partial charge is 0.240 e. The Labute approximate surface area is 121 Å². The monoisotopic (exact) mass is 314 g/mol. The van der Waals surface area contributed by atoms with E-state index in [0.717, 1.165) is 6.07 Å². The first-order valence-electron chi connectivity index (χ1n) is 5.75. The average molecular weight is 315 g/mol. The summed E-state index contributed by atoms with van der Waals surface area (Å²) in [5.74, 6) is -0.439. The molecular weight excluding hydrogens is 303 g/mol. The number of benzene rings is 1. The van der Waals surface area contributed by atoms with Crippen LogP contribution in [0, 0.1) is 12.7 Å². The first kappa shape index (κ1) is 14.9. The van der Waals surface area contributed by atoms with Crippen molar-refractivity contribution in [2.75, 3.05) is 0 Å². The number of hydrogen-bond acceptors (Lipinski definition) is 3. The molecule has 0 amide bonds. The summed E-state index contributed by atoms with van der Waals surface area (Å²) in [4.78, 5) is 3.89. The molecule has 0 saturated heterocycles. The molecule has 0 atom stereocenters. The van der Waals surface area contributed by atoms with Crippen LogP contribution >= 0.6 is 11.6 Å². The number of halogens is 2. The molecule has 0 fully saturated rings. The second kappa shape index (κ2) is 5.87. The fourth-order valence-corrected chi connectivity index (χ4v) is 2.77. The van der Waals surface area contributed by atoms with Gasteiger partial charge in [0, 0.05) is 12.7 Å². The molecule has 0 radical (unpaired) electrons. The van der Waals surface area contributed by atoms with Gasteiger partial charge in [0.2, 0.25) is 10.0 Å². The Balaban J connectivity index is 2.14. The molecule has 2 aromatic rings. The van der Waals surface area contributed by atoms with Gasteiger partial charge in [-0.2, -0.15) is 0 Å². The quantitative estimate of drug-likeness (QED) is 0.883. The summed E-state index contributed by atoms with van der Waals surface area (Å²) in [6.07, 6.45) is 1.49. The molecule has 0 aliphatic rings. The van der Waals surface area contributed by atoms with Crippen molar-refractivity contribution in [1.29, 1.82) is 0 Å². The Kier molecular flexibility index (Phi) is 4.37. The zero-order chi connectivity index (χ0) is 14.8. The lowest BCUT2D eigenvalue weighted by molar-refractivity contribution is 0.579. The van der Waals surface area contributed by atoms with Crippen LogP contribution in [-0.4, -0.2) is 13.4 Å². The lowest BCUT2D eigenvalue weighted by Gasteiger charge is -2.08. The summed E-state index contributed by atoms with van der Waals surface area (Å²) >= 11 is 5.64. The summed E-state index contributed by atoms with van der Waals surface area (Å²) in [5.41, 5.74) is 0.956. The van der Waals surface area contributed by atoms with Gasteiger partial charge >= 0.3 is 0 Å². The van der Waals surface area contributed by atoms with Crippen molar-refractivity contribution in [2.24, 2.45) is 0 Å². The number of aryl methyl sites for hydroxylation is 1. The molecule has 0 aliphatic carbocycles. The van der Waals surface area contributed by atoms with Crippen molar-refractivity contribution in [1.82, 2.24) is 9.71 Å². The van der Waals surface area contributed by atoms with Crippen LogP contribution in [0.5, 0.6) is 0 Å². The summed E-state index contributed by atoms with van der Waals surface area (Å²) in [7, 11) is -3.69. The third-order valence-electron chi connectivity index (χ3n) is 2.69. The van der Waals surface area contributed by atoms with E-state index in [1.807, 2.05) is 0 Å². The van der Waals surface area contributed by atoms with Gasteiger partial charge in [-0.1, -0.05) is 17.7 Å². The molecule has 0 aliphatic heterocycles. The van der Waals surface area contributed by atoms with Gasteiger partial charge in [-0.25, -0.2) is 22.5 Å². The number of aromatic nitrogens is 1. The molecule has 106 valence electrons. The zero-order valence-corrected chi connectivity index (χ0v) is 12.2. The lowest BCUT2D eigenvalue weighted by atomic mass is 10.2. The maximum absolute atomic E-state index is 13.1. The van der Waals surface area contributed by atoms with Gasteiger partial charge < -0.3 is 0 Å². The fraction of sp³-hybridized carbons (Fsp3) is 0.154. The van der Waals surface area contributed by atoms with Crippen LogP contribution < -0.4 is 4.72 Å². The summed E-state index contributed by atoms with van der Waals surface area (Å²) in [5, 5.41) is 0.339. The highest BCUT2D eigenvalue weighted by molar-refractivity contribution is 7.89. The van der Waals surface area contributed by atoms with Crippen LogP contribution in [0.25, 0.3) is 0 Å². The molecule has 7 heteroatoms. The van der Waals surface area contributed by atoms with Crippen LogP contribution in [0.4, 0.5) is 4.39 Å². The minimum atomic E-state index is -3.69. The molecule has 4 nitrogen and oxygen atoms in total. The van der Waals surface area contributed by atoms with E-state index < -0.39 is 15.8 Å². The first-order chi connectivity index (χ1) is 9.38. The lowest BCUT2D eigenvalue weighted by Crippen LogP contribution is -2.23. The summed E-state index contributed by atoms with van der Waals surface area (Å²) in [6, 6.07) is 6.90. The molecule has 0 spiro atoms. The first-order valence-corrected chi connectivity index (χ1v) is 7.61. The minimum absolute atomic E-state index is 0.0262. The topological polar surface area (TPSA) is 59.1 Å². The predicted octanol–water partition coefficient (Wildman–Crippen LogP) is 2.66. The van der Waals surface area contributed by atoms with Crippen LogP contribution in [-0.2, 0) is 16.6 Å². The van der Waals surface area contributed by atoms with E-state index in [1.165, 1.54) is 25.3 Å². The zero-order valence-electron chi connectivity index (χ0n) is 10.6. The van der Waals surface area contributed by atoms with Crippen molar-refractivity contribution in [3.8, 4) is 0 Å². The SMILES string of the molecule is Cc1cc(S(=O)(=O)NCc2ccc(Cl)nc2)ccc1F. The van der Waals surface area contributed by atoms with Gasteiger partial charge in [0.25, 0.3) is 0 Å². The highest BCUT2D eigenvalue weighted by Crippen LogP contribution is 2.14. The average Bonchev–Trinajstić information content (AvgIpc) is 2.41. The molecule has 0 unspecified atom stereocenters. The highest BCUT2D eigenvalue weighted by atomic mass is 35.5. The maximum Gasteiger partial charge on any atom is 0.240 e. The van der Waals surface area contributed by atoms with Gasteiger partial charge in [-0.3, -0.25) is 0 Å². The fourth-order valence-electron chi connectivity index (χ4n) is 1.56. The Morgan fingerprint density at radius 2 is 2.05 bits per heavy atom. The van der Waals surface area contributed by atoms with Crippen molar-refractivity contribution < 1.29 is 12.8 Å². The molecule has 0 saturated carbocycles. The minimum Gasteiger partial charge on any atom is -0.244 e. The van der Waals surface area contributed by atoms with Crippen molar-refractivity contribution in [3.05, 3.63) is 58.6 Å². The van der Waals surface area contributed by atoms with Crippen LogP contribution in [0.3, 0.4) is 0 Å². The van der Waals surface area contributed by atoms with Crippen molar-refractivity contribution in [2.45, 2.75) is 18.4 Å². The van der Waals surface area contributed by atoms with Crippen LogP contribution in [0.2, 0.25) is 5.15 Å². The molecule has 0 bridgehead atoms. The number of rotatable bonds is 4. The van der Waals surface area contributed by atoms with Gasteiger partial charge in [-0.05, 0) is 42.3 Å². The molecule has 1 heterocycles. The third-order valence-corrected chi connectivity index (χ3v) is 4.32. The van der Waals surface area contributed by atoms with Gasteiger partial charge in [0.05, 0.1) is 4.90 Å². The van der Waals surface area contributed by atoms with Crippen LogP contribution in [0.1, 0.15) is 11.1 Å². The summed E-state index contributed by atoms with van der Waals surface area (Å²) < 4.78 is 39.7. The van der Waals surface area contributed by atoms with E-state index in [0.29, 0.717) is 10.7 Å². The molecule has 2 rings (SSSR count). The molecular formula is C13H12ClFN2O2S. The Bertz CT molecular complexity index is 718. The Morgan fingerprint density at radius 1 is 1.30 bits per heavy atom. The van der Waals surface area contributed by atoms with Gasteiger partial charge in [0.15, 0.2) is 0 Å². The van der Waals surface area contributed by atoms with E-state index in [4.69, 9.17) is 11.6 Å². The van der Waals surface area contributed by atoms with E-state index in [-0.39, 0.29) is 17.0 Å².